The first-order valence-electron chi connectivity index (χ1n) is 9.80. The zero-order valence-electron chi connectivity index (χ0n) is 16.7. The van der Waals surface area contributed by atoms with E-state index in [9.17, 15) is 9.59 Å². The molecule has 0 atom stereocenters. The molecule has 1 aliphatic rings. The summed E-state index contributed by atoms with van der Waals surface area (Å²) >= 11 is 0. The van der Waals surface area contributed by atoms with Gasteiger partial charge in [0.25, 0.3) is 5.91 Å². The van der Waals surface area contributed by atoms with E-state index in [2.05, 4.69) is 10.00 Å². The second kappa shape index (κ2) is 7.91. The van der Waals surface area contributed by atoms with E-state index in [1.54, 1.807) is 11.6 Å². The third-order valence-corrected chi connectivity index (χ3v) is 5.24. The van der Waals surface area contributed by atoms with E-state index in [0.29, 0.717) is 24.3 Å². The van der Waals surface area contributed by atoms with Crippen molar-refractivity contribution in [2.45, 2.75) is 13.8 Å². The number of Topliss-reactive ketones (excluding diaryl/α,β-unsaturated/α-hetero) is 1. The maximum Gasteiger partial charge on any atom is 0.272 e. The first-order valence-corrected chi connectivity index (χ1v) is 9.80. The van der Waals surface area contributed by atoms with Gasteiger partial charge in [0.15, 0.2) is 5.78 Å². The Kier molecular flexibility index (Phi) is 5.16. The molecule has 0 spiro atoms. The van der Waals surface area contributed by atoms with Gasteiger partial charge in [0.1, 0.15) is 5.69 Å². The number of nitrogens with zero attached hydrogens (tertiary/aromatic N) is 4. The number of anilines is 1. The number of carbonyl (C=O) groups is 2. The van der Waals surface area contributed by atoms with Crippen molar-refractivity contribution >= 4 is 17.4 Å². The highest BCUT2D eigenvalue weighted by molar-refractivity contribution is 5.95. The van der Waals surface area contributed by atoms with Gasteiger partial charge in [-0.15, -0.1) is 0 Å². The molecule has 0 radical (unpaired) electrons. The van der Waals surface area contributed by atoms with Crippen molar-refractivity contribution in [1.29, 1.82) is 0 Å². The number of ketones is 1. The van der Waals surface area contributed by atoms with E-state index >= 15 is 0 Å². The Morgan fingerprint density at radius 2 is 1.55 bits per heavy atom. The summed E-state index contributed by atoms with van der Waals surface area (Å²) in [7, 11) is 0. The number of amides is 1. The Balaban J connectivity index is 1.49. The summed E-state index contributed by atoms with van der Waals surface area (Å²) in [6.45, 7) is 6.19. The second-order valence-electron chi connectivity index (χ2n) is 7.30. The molecule has 0 N–H and O–H groups in total. The molecule has 4 rings (SSSR count). The predicted octanol–water partition coefficient (Wildman–Crippen LogP) is 3.35. The summed E-state index contributed by atoms with van der Waals surface area (Å²) in [5.41, 5.74) is 4.01. The summed E-state index contributed by atoms with van der Waals surface area (Å²) < 4.78 is 1.72. The molecule has 148 valence electrons. The van der Waals surface area contributed by atoms with Crippen molar-refractivity contribution in [3.8, 4) is 5.69 Å². The first-order chi connectivity index (χ1) is 14.0. The fraction of sp³-hybridized carbons (Fsp3) is 0.261. The van der Waals surface area contributed by atoms with Gasteiger partial charge in [-0.3, -0.25) is 9.59 Å². The fourth-order valence-corrected chi connectivity index (χ4v) is 3.67. The minimum atomic E-state index is -0.00779. The highest BCUT2D eigenvalue weighted by Crippen LogP contribution is 2.20. The molecule has 6 heteroatoms. The molecule has 1 aromatic heterocycles. The van der Waals surface area contributed by atoms with Crippen LogP contribution in [0.25, 0.3) is 5.69 Å². The minimum Gasteiger partial charge on any atom is -0.368 e. The molecule has 1 fully saturated rings. The number of aromatic nitrogens is 2. The molecule has 2 aromatic carbocycles. The second-order valence-corrected chi connectivity index (χ2v) is 7.30. The number of benzene rings is 2. The van der Waals surface area contributed by atoms with Gasteiger partial charge in [-0.05, 0) is 44.2 Å². The van der Waals surface area contributed by atoms with E-state index < -0.39 is 0 Å². The maximum atomic E-state index is 13.2. The van der Waals surface area contributed by atoms with Crippen molar-refractivity contribution in [1.82, 2.24) is 14.7 Å². The van der Waals surface area contributed by atoms with E-state index in [-0.39, 0.29) is 11.7 Å². The number of hydrogen-bond acceptors (Lipinski definition) is 4. The third kappa shape index (κ3) is 3.92. The van der Waals surface area contributed by atoms with Gasteiger partial charge >= 0.3 is 0 Å². The van der Waals surface area contributed by atoms with Crippen molar-refractivity contribution in [3.63, 3.8) is 0 Å². The van der Waals surface area contributed by atoms with Crippen molar-refractivity contribution < 1.29 is 9.59 Å². The molecule has 1 aliphatic heterocycles. The topological polar surface area (TPSA) is 58.4 Å². The molecule has 6 nitrogen and oxygen atoms in total. The van der Waals surface area contributed by atoms with Crippen LogP contribution in [0.1, 0.15) is 33.5 Å². The molecular weight excluding hydrogens is 364 g/mol. The van der Waals surface area contributed by atoms with E-state index in [1.807, 2.05) is 72.5 Å². The van der Waals surface area contributed by atoms with Crippen LogP contribution >= 0.6 is 0 Å². The standard InChI is InChI=1S/C23H24N4O2/c1-17-15-22(27(24-17)20-8-4-3-5-9-20)23(29)26-13-11-25(12-14-26)21-10-6-7-19(16-21)18(2)28/h3-10,15-16H,11-14H2,1-2H3. The van der Waals surface area contributed by atoms with Crippen molar-refractivity contribution in [2.75, 3.05) is 31.1 Å². The largest absolute Gasteiger partial charge is 0.368 e. The van der Waals surface area contributed by atoms with Gasteiger partial charge in [-0.2, -0.15) is 5.10 Å². The van der Waals surface area contributed by atoms with Crippen molar-refractivity contribution in [2.24, 2.45) is 0 Å². The number of carbonyl (C=O) groups excluding carboxylic acids is 2. The highest BCUT2D eigenvalue weighted by atomic mass is 16.2. The molecule has 1 amide bonds. The monoisotopic (exact) mass is 388 g/mol. The molecule has 3 aromatic rings. The summed E-state index contributed by atoms with van der Waals surface area (Å²) in [6.07, 6.45) is 0. The van der Waals surface area contributed by atoms with E-state index in [4.69, 9.17) is 0 Å². The lowest BCUT2D eigenvalue weighted by molar-refractivity contribution is 0.0737. The Hall–Kier alpha value is -3.41. The zero-order valence-corrected chi connectivity index (χ0v) is 16.7. The van der Waals surface area contributed by atoms with Gasteiger partial charge in [-0.1, -0.05) is 30.3 Å². The average Bonchev–Trinajstić information content (AvgIpc) is 3.16. The van der Waals surface area contributed by atoms with Crippen LogP contribution in [0.4, 0.5) is 5.69 Å². The molecule has 29 heavy (non-hydrogen) atoms. The van der Waals surface area contributed by atoms with Crippen LogP contribution < -0.4 is 4.90 Å². The zero-order chi connectivity index (χ0) is 20.4. The highest BCUT2D eigenvalue weighted by Gasteiger charge is 2.25. The van der Waals surface area contributed by atoms with E-state index in [0.717, 1.165) is 30.2 Å². The molecule has 2 heterocycles. The van der Waals surface area contributed by atoms with Gasteiger partial charge in [0, 0.05) is 37.4 Å². The lowest BCUT2D eigenvalue weighted by Crippen LogP contribution is -2.49. The van der Waals surface area contributed by atoms with Crippen LogP contribution in [0.5, 0.6) is 0 Å². The first kappa shape index (κ1) is 18.9. The lowest BCUT2D eigenvalue weighted by atomic mass is 10.1. The van der Waals surface area contributed by atoms with Gasteiger partial charge in [-0.25, -0.2) is 4.68 Å². The normalized spacial score (nSPS) is 14.1. The molecular formula is C23H24N4O2. The van der Waals surface area contributed by atoms with E-state index in [1.165, 1.54) is 0 Å². The number of rotatable bonds is 4. The van der Waals surface area contributed by atoms with Crippen LogP contribution in [-0.2, 0) is 0 Å². The van der Waals surface area contributed by atoms with Crippen LogP contribution in [-0.4, -0.2) is 52.5 Å². The Morgan fingerprint density at radius 3 is 2.24 bits per heavy atom. The summed E-state index contributed by atoms with van der Waals surface area (Å²) in [6, 6.07) is 19.2. The minimum absolute atomic E-state index is 0.00779. The summed E-state index contributed by atoms with van der Waals surface area (Å²) in [4.78, 5) is 28.9. The third-order valence-electron chi connectivity index (χ3n) is 5.24. The Bertz CT molecular complexity index is 1030. The van der Waals surface area contributed by atoms with Gasteiger partial charge < -0.3 is 9.80 Å². The van der Waals surface area contributed by atoms with Crippen LogP contribution in [0.3, 0.4) is 0 Å². The van der Waals surface area contributed by atoms with Crippen molar-refractivity contribution in [3.05, 3.63) is 77.6 Å². The smallest absolute Gasteiger partial charge is 0.272 e. The molecule has 0 bridgehead atoms. The SMILES string of the molecule is CC(=O)c1cccc(N2CCN(C(=O)c3cc(C)nn3-c3ccccc3)CC2)c1. The quantitative estimate of drug-likeness (QED) is 0.643. The van der Waals surface area contributed by atoms with Crippen LogP contribution in [0, 0.1) is 6.92 Å². The average molecular weight is 388 g/mol. The summed E-state index contributed by atoms with van der Waals surface area (Å²) in [5, 5.41) is 4.51. The summed E-state index contributed by atoms with van der Waals surface area (Å²) in [5.74, 6) is 0.0526. The van der Waals surface area contributed by atoms with Gasteiger partial charge in [0.2, 0.25) is 0 Å². The number of piperazine rings is 1. The van der Waals surface area contributed by atoms with Crippen LogP contribution in [0.2, 0.25) is 0 Å². The Labute approximate surface area is 170 Å². The van der Waals surface area contributed by atoms with Gasteiger partial charge in [0.05, 0.1) is 11.4 Å². The fourth-order valence-electron chi connectivity index (χ4n) is 3.67. The molecule has 0 aliphatic carbocycles. The number of aryl methyl sites for hydroxylation is 1. The van der Waals surface area contributed by atoms with Crippen LogP contribution in [0.15, 0.2) is 60.7 Å². The molecule has 1 saturated heterocycles. The Morgan fingerprint density at radius 1 is 0.862 bits per heavy atom. The number of hydrogen-bond donors (Lipinski definition) is 0. The predicted molar refractivity (Wildman–Crippen MR) is 113 cm³/mol. The molecule has 0 unspecified atom stereocenters. The number of para-hydroxylation sites is 1. The maximum absolute atomic E-state index is 13.2. The molecule has 0 saturated carbocycles. The lowest BCUT2D eigenvalue weighted by Gasteiger charge is -2.36.